The van der Waals surface area contributed by atoms with Gasteiger partial charge in [-0.1, -0.05) is 12.8 Å². The van der Waals surface area contributed by atoms with Gasteiger partial charge in [0.15, 0.2) is 0 Å². The highest BCUT2D eigenvalue weighted by Crippen LogP contribution is 2.24. The highest BCUT2D eigenvalue weighted by Gasteiger charge is 2.41. The molecule has 0 saturated carbocycles. The second-order valence-corrected chi connectivity index (χ2v) is 5.56. The number of likely N-dealkylation sites (tertiary alicyclic amines) is 2. The van der Waals surface area contributed by atoms with Gasteiger partial charge in [0.25, 0.3) is 0 Å². The van der Waals surface area contributed by atoms with Crippen molar-refractivity contribution in [3.8, 4) is 0 Å². The fourth-order valence-corrected chi connectivity index (χ4v) is 3.04. The maximum atomic E-state index is 12.5. The topological polar surface area (TPSA) is 101 Å². The Morgan fingerprint density at radius 2 is 1.90 bits per heavy atom. The molecule has 114 valence electrons. The van der Waals surface area contributed by atoms with Gasteiger partial charge in [0.05, 0.1) is 18.8 Å². The molecule has 2 heterocycles. The number of carboxylic acid groups (broad SMARTS) is 1. The maximum Gasteiger partial charge on any atom is 0.326 e. The second-order valence-electron chi connectivity index (χ2n) is 5.56. The van der Waals surface area contributed by atoms with Crippen molar-refractivity contribution in [2.75, 3.05) is 19.7 Å². The number of amides is 2. The van der Waals surface area contributed by atoms with E-state index < -0.39 is 18.1 Å². The van der Waals surface area contributed by atoms with Crippen molar-refractivity contribution in [2.45, 2.75) is 50.3 Å². The van der Waals surface area contributed by atoms with Crippen molar-refractivity contribution in [1.29, 1.82) is 0 Å². The van der Waals surface area contributed by atoms with Gasteiger partial charge in [0.1, 0.15) is 6.04 Å². The number of carbonyl (C=O) groups is 2. The van der Waals surface area contributed by atoms with Crippen molar-refractivity contribution in [3.05, 3.63) is 0 Å². The smallest absolute Gasteiger partial charge is 0.326 e. The highest BCUT2D eigenvalue weighted by atomic mass is 16.4. The third kappa shape index (κ3) is 3.04. The standard InChI is InChI=1S/C13H22N2O5/c16-8-9-4-2-1-3-5-14(9)13(20)15-7-10(17)6-11(15)12(18)19/h9-11,16-17H,1-8H2,(H,18,19). The average molecular weight is 286 g/mol. The third-order valence-electron chi connectivity index (χ3n) is 4.14. The van der Waals surface area contributed by atoms with Crippen LogP contribution in [-0.4, -0.2) is 75.0 Å². The third-order valence-corrected chi connectivity index (χ3v) is 4.14. The first kappa shape index (κ1) is 15.1. The number of carboxylic acids is 1. The molecule has 7 heteroatoms. The van der Waals surface area contributed by atoms with Gasteiger partial charge in [-0.3, -0.25) is 0 Å². The molecular formula is C13H22N2O5. The lowest BCUT2D eigenvalue weighted by atomic mass is 10.1. The number of aliphatic hydroxyl groups is 2. The van der Waals surface area contributed by atoms with Crippen LogP contribution < -0.4 is 0 Å². The van der Waals surface area contributed by atoms with E-state index in [0.717, 1.165) is 25.7 Å². The van der Waals surface area contributed by atoms with Gasteiger partial charge in [-0.15, -0.1) is 0 Å². The largest absolute Gasteiger partial charge is 0.480 e. The Hall–Kier alpha value is -1.34. The number of nitrogens with zero attached hydrogens (tertiary/aromatic N) is 2. The fraction of sp³-hybridized carbons (Fsp3) is 0.846. The Labute approximate surface area is 117 Å². The molecule has 0 aliphatic carbocycles. The predicted molar refractivity (Wildman–Crippen MR) is 70.2 cm³/mol. The lowest BCUT2D eigenvalue weighted by molar-refractivity contribution is -0.141. The summed E-state index contributed by atoms with van der Waals surface area (Å²) in [6, 6.07) is -1.60. The minimum absolute atomic E-state index is 0.0461. The van der Waals surface area contributed by atoms with Crippen LogP contribution in [0.3, 0.4) is 0 Å². The number of β-amino-alcohol motifs (C(OH)–C–C–N with tert-alkyl or cyclic N) is 1. The molecule has 7 nitrogen and oxygen atoms in total. The van der Waals surface area contributed by atoms with Crippen molar-refractivity contribution < 1.29 is 24.9 Å². The lowest BCUT2D eigenvalue weighted by Gasteiger charge is -2.34. The number of carbonyl (C=O) groups excluding carboxylic acids is 1. The summed E-state index contributed by atoms with van der Waals surface area (Å²) in [7, 11) is 0. The van der Waals surface area contributed by atoms with Crippen LogP contribution in [0.2, 0.25) is 0 Å². The van der Waals surface area contributed by atoms with E-state index in [2.05, 4.69) is 0 Å². The molecule has 0 bridgehead atoms. The molecule has 0 radical (unpaired) electrons. The van der Waals surface area contributed by atoms with Gasteiger partial charge < -0.3 is 25.1 Å². The molecule has 0 aromatic carbocycles. The molecule has 0 aromatic heterocycles. The number of aliphatic hydroxyl groups excluding tert-OH is 2. The van der Waals surface area contributed by atoms with Gasteiger partial charge >= 0.3 is 12.0 Å². The average Bonchev–Trinajstić information content (AvgIpc) is 2.67. The monoisotopic (exact) mass is 286 g/mol. The van der Waals surface area contributed by atoms with E-state index in [1.807, 2.05) is 0 Å². The number of hydrogen-bond donors (Lipinski definition) is 3. The van der Waals surface area contributed by atoms with E-state index in [0.29, 0.717) is 6.54 Å². The quantitative estimate of drug-likeness (QED) is 0.656. The molecule has 0 aromatic rings. The number of rotatable bonds is 2. The number of urea groups is 1. The summed E-state index contributed by atoms with van der Waals surface area (Å²) in [6.07, 6.45) is 2.83. The van der Waals surface area contributed by atoms with Crippen molar-refractivity contribution in [3.63, 3.8) is 0 Å². The van der Waals surface area contributed by atoms with E-state index in [9.17, 15) is 19.8 Å². The molecule has 20 heavy (non-hydrogen) atoms. The van der Waals surface area contributed by atoms with Gasteiger partial charge in [-0.25, -0.2) is 9.59 Å². The van der Waals surface area contributed by atoms with Gasteiger partial charge in [-0.05, 0) is 12.8 Å². The second kappa shape index (κ2) is 6.41. The first-order chi connectivity index (χ1) is 9.54. The molecule has 2 saturated heterocycles. The lowest BCUT2D eigenvalue weighted by Crippen LogP contribution is -2.52. The Morgan fingerprint density at radius 3 is 2.55 bits per heavy atom. The maximum absolute atomic E-state index is 12.5. The highest BCUT2D eigenvalue weighted by molar-refractivity contribution is 5.83. The fourth-order valence-electron chi connectivity index (χ4n) is 3.04. The van der Waals surface area contributed by atoms with Crippen molar-refractivity contribution in [1.82, 2.24) is 9.80 Å². The minimum Gasteiger partial charge on any atom is -0.480 e. The van der Waals surface area contributed by atoms with Crippen LogP contribution in [0.5, 0.6) is 0 Å². The summed E-state index contributed by atoms with van der Waals surface area (Å²) in [6.45, 7) is 0.466. The molecule has 2 fully saturated rings. The molecule has 2 aliphatic heterocycles. The van der Waals surface area contributed by atoms with E-state index in [1.165, 1.54) is 4.90 Å². The Morgan fingerprint density at radius 1 is 1.15 bits per heavy atom. The summed E-state index contributed by atoms with van der Waals surface area (Å²) in [5, 5.41) is 28.2. The summed E-state index contributed by atoms with van der Waals surface area (Å²) in [5.41, 5.74) is 0. The Bertz CT molecular complexity index is 376. The van der Waals surface area contributed by atoms with E-state index in [4.69, 9.17) is 5.11 Å². The molecule has 3 atom stereocenters. The number of aliphatic carboxylic acids is 1. The molecule has 3 N–H and O–H groups in total. The van der Waals surface area contributed by atoms with Crippen LogP contribution in [-0.2, 0) is 4.79 Å². The molecule has 2 rings (SSSR count). The van der Waals surface area contributed by atoms with E-state index in [1.54, 1.807) is 4.90 Å². The van der Waals surface area contributed by atoms with Crippen LogP contribution in [0.1, 0.15) is 32.1 Å². The molecule has 2 amide bonds. The van der Waals surface area contributed by atoms with E-state index >= 15 is 0 Å². The minimum atomic E-state index is -1.09. The van der Waals surface area contributed by atoms with E-state index in [-0.39, 0.29) is 31.6 Å². The SMILES string of the molecule is O=C(O)C1CC(O)CN1C(=O)N1CCCCCC1CO. The number of hydrogen-bond acceptors (Lipinski definition) is 4. The zero-order chi connectivity index (χ0) is 14.7. The van der Waals surface area contributed by atoms with Gasteiger partial charge in [-0.2, -0.15) is 0 Å². The predicted octanol–water partition coefficient (Wildman–Crippen LogP) is -0.137. The van der Waals surface area contributed by atoms with Crippen LogP contribution >= 0.6 is 0 Å². The zero-order valence-corrected chi connectivity index (χ0v) is 11.4. The molecule has 2 aliphatic rings. The van der Waals surface area contributed by atoms with Crippen LogP contribution in [0.25, 0.3) is 0 Å². The summed E-state index contributed by atoms with van der Waals surface area (Å²) in [5.74, 6) is -1.09. The van der Waals surface area contributed by atoms with Crippen LogP contribution in [0.4, 0.5) is 4.79 Å². The van der Waals surface area contributed by atoms with Crippen molar-refractivity contribution in [2.24, 2.45) is 0 Å². The normalized spacial score (nSPS) is 31.2. The van der Waals surface area contributed by atoms with Gasteiger partial charge in [0.2, 0.25) is 0 Å². The summed E-state index contributed by atoms with van der Waals surface area (Å²) >= 11 is 0. The Kier molecular flexibility index (Phi) is 4.82. The first-order valence-electron chi connectivity index (χ1n) is 7.13. The zero-order valence-electron chi connectivity index (χ0n) is 11.4. The Balaban J connectivity index is 2.13. The van der Waals surface area contributed by atoms with Crippen molar-refractivity contribution >= 4 is 12.0 Å². The molecular weight excluding hydrogens is 264 g/mol. The summed E-state index contributed by atoms with van der Waals surface area (Å²) in [4.78, 5) is 26.5. The summed E-state index contributed by atoms with van der Waals surface area (Å²) < 4.78 is 0. The first-order valence-corrected chi connectivity index (χ1v) is 7.13. The van der Waals surface area contributed by atoms with Crippen LogP contribution in [0.15, 0.2) is 0 Å². The van der Waals surface area contributed by atoms with Crippen LogP contribution in [0, 0.1) is 0 Å². The molecule has 3 unspecified atom stereocenters. The van der Waals surface area contributed by atoms with Gasteiger partial charge in [0, 0.05) is 19.5 Å². The molecule has 0 spiro atoms.